The molecule has 7 unspecified atom stereocenters. The van der Waals surface area contributed by atoms with Gasteiger partial charge in [-0.05, 0) is 42.9 Å². The van der Waals surface area contributed by atoms with Crippen LogP contribution in [-0.2, 0) is 0 Å². The Bertz CT molecular complexity index is 268. The minimum atomic E-state index is 0.542. The van der Waals surface area contributed by atoms with E-state index in [9.17, 15) is 0 Å². The number of nitrogens with one attached hydrogen (secondary N) is 1. The van der Waals surface area contributed by atoms with E-state index in [4.69, 9.17) is 5.84 Å². The molecule has 0 aromatic carbocycles. The van der Waals surface area contributed by atoms with Gasteiger partial charge in [0, 0.05) is 25.2 Å². The molecule has 92 valence electrons. The number of hydrogen-bond donors (Lipinski definition) is 2. The Morgan fingerprint density at radius 1 is 1.12 bits per heavy atom. The molecule has 2 aliphatic heterocycles. The van der Waals surface area contributed by atoms with E-state index < -0.39 is 0 Å². The molecule has 3 fully saturated rings. The molecule has 1 saturated carbocycles. The average Bonchev–Trinajstić information content (AvgIpc) is 2.96. The van der Waals surface area contributed by atoms with Crippen LogP contribution < -0.4 is 11.3 Å². The van der Waals surface area contributed by atoms with Crippen LogP contribution in [0.15, 0.2) is 0 Å². The lowest BCUT2D eigenvalue weighted by Gasteiger charge is -2.45. The van der Waals surface area contributed by atoms with Crippen LogP contribution in [0.1, 0.15) is 33.1 Å². The summed E-state index contributed by atoms with van der Waals surface area (Å²) in [6.45, 7) is 7.40. The Kier molecular flexibility index (Phi) is 2.73. The van der Waals surface area contributed by atoms with Crippen LogP contribution in [0.4, 0.5) is 0 Å². The number of rotatable bonds is 1. The zero-order valence-corrected chi connectivity index (χ0v) is 10.5. The Balaban J connectivity index is 1.72. The van der Waals surface area contributed by atoms with Gasteiger partial charge in [0.2, 0.25) is 0 Å². The molecule has 16 heavy (non-hydrogen) atoms. The SMILES string of the molecule is CC1CC2CC(C)C2CC(NN)C2CN2C1. The first-order valence-corrected chi connectivity index (χ1v) is 6.89. The van der Waals surface area contributed by atoms with Crippen molar-refractivity contribution in [1.29, 1.82) is 0 Å². The smallest absolute Gasteiger partial charge is 0.0391 e. The van der Waals surface area contributed by atoms with Crippen LogP contribution in [-0.4, -0.2) is 30.1 Å². The molecular formula is C13H25N3. The predicted molar refractivity (Wildman–Crippen MR) is 65.6 cm³/mol. The molecule has 3 nitrogen and oxygen atoms in total. The highest BCUT2D eigenvalue weighted by molar-refractivity contribution is 5.03. The lowest BCUT2D eigenvalue weighted by molar-refractivity contribution is 0.0519. The van der Waals surface area contributed by atoms with Crippen molar-refractivity contribution in [2.45, 2.75) is 45.2 Å². The van der Waals surface area contributed by atoms with E-state index in [1.165, 1.54) is 32.4 Å². The lowest BCUT2D eigenvalue weighted by Crippen LogP contribution is -2.46. The van der Waals surface area contributed by atoms with E-state index in [0.717, 1.165) is 29.7 Å². The first kappa shape index (κ1) is 11.0. The fourth-order valence-corrected chi connectivity index (χ4v) is 4.20. The van der Waals surface area contributed by atoms with E-state index >= 15 is 0 Å². The normalized spacial score (nSPS) is 56.1. The summed E-state index contributed by atoms with van der Waals surface area (Å²) in [6.07, 6.45) is 4.20. The van der Waals surface area contributed by atoms with Gasteiger partial charge in [0.25, 0.3) is 0 Å². The zero-order chi connectivity index (χ0) is 11.3. The number of hydrogen-bond acceptors (Lipinski definition) is 3. The van der Waals surface area contributed by atoms with Crippen molar-refractivity contribution >= 4 is 0 Å². The minimum absolute atomic E-state index is 0.542. The maximum atomic E-state index is 5.73. The molecule has 0 aromatic rings. The molecule has 0 bridgehead atoms. The van der Waals surface area contributed by atoms with Gasteiger partial charge in [-0.3, -0.25) is 16.2 Å². The Hall–Kier alpha value is -0.120. The number of fused-ring (bicyclic) bond motifs is 2. The van der Waals surface area contributed by atoms with Gasteiger partial charge in [0.15, 0.2) is 0 Å². The van der Waals surface area contributed by atoms with E-state index in [0.29, 0.717) is 6.04 Å². The van der Waals surface area contributed by atoms with Gasteiger partial charge in [0.05, 0.1) is 0 Å². The van der Waals surface area contributed by atoms with Gasteiger partial charge in [-0.1, -0.05) is 13.8 Å². The second-order valence-electron chi connectivity index (χ2n) is 6.51. The molecule has 0 spiro atoms. The summed E-state index contributed by atoms with van der Waals surface area (Å²) in [5.41, 5.74) is 3.07. The van der Waals surface area contributed by atoms with Crippen molar-refractivity contribution in [2.75, 3.05) is 13.1 Å². The van der Waals surface area contributed by atoms with Gasteiger partial charge < -0.3 is 0 Å². The van der Waals surface area contributed by atoms with Crippen LogP contribution in [0.2, 0.25) is 0 Å². The molecule has 7 atom stereocenters. The third-order valence-corrected chi connectivity index (χ3v) is 5.22. The maximum absolute atomic E-state index is 5.73. The van der Waals surface area contributed by atoms with Gasteiger partial charge in [-0.2, -0.15) is 0 Å². The van der Waals surface area contributed by atoms with E-state index in [1.54, 1.807) is 0 Å². The number of hydrazine groups is 1. The summed E-state index contributed by atoms with van der Waals surface area (Å²) in [4.78, 5) is 2.60. The van der Waals surface area contributed by atoms with E-state index in [2.05, 4.69) is 24.2 Å². The zero-order valence-electron chi connectivity index (χ0n) is 10.5. The minimum Gasteiger partial charge on any atom is -0.296 e. The topological polar surface area (TPSA) is 41.1 Å². The predicted octanol–water partition coefficient (Wildman–Crippen LogP) is 1.20. The quantitative estimate of drug-likeness (QED) is 0.399. The summed E-state index contributed by atoms with van der Waals surface area (Å²) in [6, 6.07) is 1.28. The molecule has 1 aliphatic carbocycles. The fraction of sp³-hybridized carbons (Fsp3) is 1.00. The summed E-state index contributed by atoms with van der Waals surface area (Å²) in [7, 11) is 0. The van der Waals surface area contributed by atoms with Crippen molar-refractivity contribution in [3.8, 4) is 0 Å². The standard InChI is InChI=1S/C13H25N3/c1-8-3-10-4-9(2)11(10)5-12(15-14)13-7-16(13)6-8/h8-13,15H,3-7,14H2,1-2H3. The van der Waals surface area contributed by atoms with Crippen molar-refractivity contribution in [1.82, 2.24) is 10.3 Å². The molecule has 3 heteroatoms. The van der Waals surface area contributed by atoms with Crippen molar-refractivity contribution in [3.63, 3.8) is 0 Å². The van der Waals surface area contributed by atoms with Crippen molar-refractivity contribution in [2.24, 2.45) is 29.5 Å². The van der Waals surface area contributed by atoms with Crippen LogP contribution in [0.25, 0.3) is 0 Å². The Labute approximate surface area is 98.7 Å². The molecule has 0 amide bonds. The molecule has 0 radical (unpaired) electrons. The first-order valence-electron chi connectivity index (χ1n) is 6.89. The number of nitrogens with two attached hydrogens (primary N) is 1. The van der Waals surface area contributed by atoms with Crippen molar-refractivity contribution < 1.29 is 0 Å². The fourth-order valence-electron chi connectivity index (χ4n) is 4.20. The van der Waals surface area contributed by atoms with E-state index in [-0.39, 0.29) is 0 Å². The first-order chi connectivity index (χ1) is 7.69. The summed E-state index contributed by atoms with van der Waals surface area (Å²) >= 11 is 0. The monoisotopic (exact) mass is 223 g/mol. The van der Waals surface area contributed by atoms with Gasteiger partial charge in [0.1, 0.15) is 0 Å². The van der Waals surface area contributed by atoms with Gasteiger partial charge in [-0.15, -0.1) is 0 Å². The van der Waals surface area contributed by atoms with E-state index in [1.807, 2.05) is 0 Å². The lowest BCUT2D eigenvalue weighted by atomic mass is 9.61. The van der Waals surface area contributed by atoms with Crippen LogP contribution in [0, 0.1) is 23.7 Å². The van der Waals surface area contributed by atoms with Gasteiger partial charge in [-0.25, -0.2) is 0 Å². The number of nitrogens with zero attached hydrogens (tertiary/aromatic N) is 1. The molecule has 0 aromatic heterocycles. The van der Waals surface area contributed by atoms with Crippen LogP contribution in [0.3, 0.4) is 0 Å². The van der Waals surface area contributed by atoms with Crippen LogP contribution in [0.5, 0.6) is 0 Å². The Morgan fingerprint density at radius 2 is 1.94 bits per heavy atom. The molecule has 3 aliphatic rings. The molecule has 2 heterocycles. The van der Waals surface area contributed by atoms with Gasteiger partial charge >= 0.3 is 0 Å². The summed E-state index contributed by atoms with van der Waals surface area (Å²) in [5.74, 6) is 9.45. The van der Waals surface area contributed by atoms with Crippen molar-refractivity contribution in [3.05, 3.63) is 0 Å². The van der Waals surface area contributed by atoms with Crippen LogP contribution >= 0.6 is 0 Å². The summed E-state index contributed by atoms with van der Waals surface area (Å²) < 4.78 is 0. The largest absolute Gasteiger partial charge is 0.296 e. The molecular weight excluding hydrogens is 198 g/mol. The highest BCUT2D eigenvalue weighted by atomic mass is 15.4. The molecule has 3 rings (SSSR count). The third-order valence-electron chi connectivity index (χ3n) is 5.22. The second-order valence-corrected chi connectivity index (χ2v) is 6.51. The highest BCUT2D eigenvalue weighted by Gasteiger charge is 2.47. The summed E-state index contributed by atoms with van der Waals surface area (Å²) in [5, 5.41) is 0. The highest BCUT2D eigenvalue weighted by Crippen LogP contribution is 2.48. The average molecular weight is 223 g/mol. The molecule has 3 N–H and O–H groups in total. The Morgan fingerprint density at radius 3 is 2.62 bits per heavy atom. The third kappa shape index (κ3) is 1.79. The maximum Gasteiger partial charge on any atom is 0.0391 e. The second kappa shape index (κ2) is 3.97. The molecule has 2 saturated heterocycles.